The summed E-state index contributed by atoms with van der Waals surface area (Å²) < 4.78 is 12.0. The highest BCUT2D eigenvalue weighted by atomic mass is 16.5. The predicted molar refractivity (Wildman–Crippen MR) is 121 cm³/mol. The molecule has 3 heterocycles. The number of nitrogens with one attached hydrogen (secondary N) is 1. The molecule has 1 unspecified atom stereocenters. The number of hydrogen-bond acceptors (Lipinski definition) is 5. The van der Waals surface area contributed by atoms with Crippen LogP contribution in [-0.2, 0) is 11.3 Å². The van der Waals surface area contributed by atoms with Crippen LogP contribution in [0.25, 0.3) is 10.9 Å². The summed E-state index contributed by atoms with van der Waals surface area (Å²) in [7, 11) is 1.71. The average molecular weight is 436 g/mol. The molecule has 168 valence electrons. The Morgan fingerprint density at radius 3 is 2.84 bits per heavy atom. The van der Waals surface area contributed by atoms with E-state index < -0.39 is 5.97 Å². The van der Waals surface area contributed by atoms with Crippen LogP contribution in [0.3, 0.4) is 0 Å². The minimum atomic E-state index is -0.903. The number of ether oxygens (including phenoxy) is 2. The Kier molecular flexibility index (Phi) is 5.39. The second-order valence-electron chi connectivity index (χ2n) is 9.04. The summed E-state index contributed by atoms with van der Waals surface area (Å²) in [5.41, 5.74) is 4.63. The molecule has 0 aliphatic carbocycles. The lowest BCUT2D eigenvalue weighted by molar-refractivity contribution is -0.0676. The number of hydrogen-bond donors (Lipinski definition) is 2. The van der Waals surface area contributed by atoms with Gasteiger partial charge in [-0.15, -0.1) is 0 Å². The van der Waals surface area contributed by atoms with Crippen molar-refractivity contribution in [1.82, 2.24) is 15.1 Å². The number of piperidine rings is 1. The van der Waals surface area contributed by atoms with Crippen molar-refractivity contribution < 1.29 is 19.4 Å². The van der Waals surface area contributed by atoms with E-state index in [0.29, 0.717) is 5.56 Å². The van der Waals surface area contributed by atoms with Gasteiger partial charge in [-0.05, 0) is 61.9 Å². The molecule has 2 aliphatic heterocycles. The highest BCUT2D eigenvalue weighted by molar-refractivity contribution is 5.88. The predicted octanol–water partition coefficient (Wildman–Crippen LogP) is 4.46. The number of aryl methyl sites for hydroxylation is 1. The molecule has 2 N–H and O–H groups in total. The zero-order chi connectivity index (χ0) is 22.3. The largest absolute Gasteiger partial charge is 0.496 e. The lowest BCUT2D eigenvalue weighted by atomic mass is 9.81. The maximum absolute atomic E-state index is 11.3. The average Bonchev–Trinajstić information content (AvgIpc) is 3.47. The van der Waals surface area contributed by atoms with E-state index in [1.54, 1.807) is 19.2 Å². The number of likely N-dealkylation sites (tertiary alicyclic amines) is 1. The first-order valence-electron chi connectivity index (χ1n) is 11.2. The molecule has 2 atom stereocenters. The van der Waals surface area contributed by atoms with Crippen molar-refractivity contribution in [3.8, 4) is 5.75 Å². The Hall–Kier alpha value is -2.90. The van der Waals surface area contributed by atoms with E-state index in [1.807, 2.05) is 18.3 Å². The number of carbonyl (C=O) groups is 1. The molecule has 3 aromatic rings. The van der Waals surface area contributed by atoms with Gasteiger partial charge in [0, 0.05) is 36.7 Å². The number of aromatic amines is 1. The normalized spacial score (nSPS) is 23.8. The molecule has 5 rings (SSSR count). The minimum Gasteiger partial charge on any atom is -0.496 e. The number of carboxylic acid groups (broad SMARTS) is 1. The molecule has 32 heavy (non-hydrogen) atoms. The van der Waals surface area contributed by atoms with Crippen molar-refractivity contribution in [2.75, 3.05) is 20.3 Å². The lowest BCUT2D eigenvalue weighted by Gasteiger charge is -2.45. The topological polar surface area (TPSA) is 87.7 Å². The van der Waals surface area contributed by atoms with Gasteiger partial charge in [0.25, 0.3) is 0 Å². The van der Waals surface area contributed by atoms with Gasteiger partial charge in [0.05, 0.1) is 30.0 Å². The molecule has 1 aromatic heterocycles. The molecule has 0 radical (unpaired) electrons. The Morgan fingerprint density at radius 1 is 1.34 bits per heavy atom. The summed E-state index contributed by atoms with van der Waals surface area (Å²) in [5.74, 6) is -0.0341. The van der Waals surface area contributed by atoms with Crippen LogP contribution >= 0.6 is 0 Å². The van der Waals surface area contributed by atoms with Crippen LogP contribution in [-0.4, -0.2) is 52.0 Å². The highest BCUT2D eigenvalue weighted by Crippen LogP contribution is 2.45. The van der Waals surface area contributed by atoms with E-state index in [1.165, 1.54) is 0 Å². The van der Waals surface area contributed by atoms with Crippen LogP contribution in [0.15, 0.2) is 36.5 Å². The third-order valence-corrected chi connectivity index (χ3v) is 7.17. The van der Waals surface area contributed by atoms with Crippen LogP contribution in [0.1, 0.15) is 58.8 Å². The standard InChI is InChI=1S/C25H29N3O4/c1-16-12-22(31-2)20(19-14-26-27-23(16)19)15-28-10-9-25(8-3-11-32-25)13-21(28)17-4-6-18(7-5-17)24(29)30/h4-7,12,14,21H,3,8-11,13,15H2,1-2H3,(H,26,27)(H,29,30)/t21-,25?/m0/s1. The van der Waals surface area contributed by atoms with E-state index in [9.17, 15) is 9.90 Å². The van der Waals surface area contributed by atoms with Crippen molar-refractivity contribution in [2.24, 2.45) is 0 Å². The smallest absolute Gasteiger partial charge is 0.335 e. The Bertz CT molecular complexity index is 1130. The van der Waals surface area contributed by atoms with Gasteiger partial charge in [0.2, 0.25) is 0 Å². The van der Waals surface area contributed by atoms with Crippen molar-refractivity contribution >= 4 is 16.9 Å². The molecule has 2 fully saturated rings. The van der Waals surface area contributed by atoms with Crippen LogP contribution in [0.2, 0.25) is 0 Å². The second kappa shape index (κ2) is 8.22. The van der Waals surface area contributed by atoms with Crippen LogP contribution in [0.4, 0.5) is 0 Å². The minimum absolute atomic E-state index is 0.0744. The van der Waals surface area contributed by atoms with Gasteiger partial charge in [-0.2, -0.15) is 5.10 Å². The number of benzene rings is 2. The van der Waals surface area contributed by atoms with Gasteiger partial charge in [-0.25, -0.2) is 4.79 Å². The molecular formula is C25H29N3O4. The third-order valence-electron chi connectivity index (χ3n) is 7.17. The number of aromatic carboxylic acids is 1. The Balaban J connectivity index is 1.52. The van der Waals surface area contributed by atoms with Gasteiger partial charge in [0.15, 0.2) is 0 Å². The summed E-state index contributed by atoms with van der Waals surface area (Å²) in [4.78, 5) is 13.8. The fourth-order valence-electron chi connectivity index (χ4n) is 5.42. The molecule has 0 bridgehead atoms. The molecule has 7 nitrogen and oxygen atoms in total. The monoisotopic (exact) mass is 435 g/mol. The highest BCUT2D eigenvalue weighted by Gasteiger charge is 2.43. The lowest BCUT2D eigenvalue weighted by Crippen LogP contribution is -2.45. The molecule has 2 saturated heterocycles. The van der Waals surface area contributed by atoms with Gasteiger partial charge < -0.3 is 14.6 Å². The van der Waals surface area contributed by atoms with E-state index in [0.717, 1.165) is 78.7 Å². The number of fused-ring (bicyclic) bond motifs is 1. The van der Waals surface area contributed by atoms with E-state index in [-0.39, 0.29) is 11.6 Å². The number of H-pyrrole nitrogens is 1. The summed E-state index contributed by atoms with van der Waals surface area (Å²) in [6, 6.07) is 9.51. The number of rotatable bonds is 5. The fraction of sp³-hybridized carbons (Fsp3) is 0.440. The number of carboxylic acids is 1. The van der Waals surface area contributed by atoms with Gasteiger partial charge in [-0.1, -0.05) is 12.1 Å². The first-order chi connectivity index (χ1) is 15.5. The van der Waals surface area contributed by atoms with Crippen LogP contribution < -0.4 is 4.74 Å². The van der Waals surface area contributed by atoms with Gasteiger partial charge >= 0.3 is 5.97 Å². The van der Waals surface area contributed by atoms with Crippen molar-refractivity contribution in [3.05, 3.63) is 58.8 Å². The van der Waals surface area contributed by atoms with Crippen LogP contribution in [0.5, 0.6) is 5.75 Å². The summed E-state index contributed by atoms with van der Waals surface area (Å²) in [6.45, 7) is 4.51. The second-order valence-corrected chi connectivity index (χ2v) is 9.04. The van der Waals surface area contributed by atoms with Crippen molar-refractivity contribution in [1.29, 1.82) is 0 Å². The summed E-state index contributed by atoms with van der Waals surface area (Å²) in [5, 5.41) is 17.8. The molecular weight excluding hydrogens is 406 g/mol. The maximum Gasteiger partial charge on any atom is 0.335 e. The number of methoxy groups -OCH3 is 1. The van der Waals surface area contributed by atoms with E-state index >= 15 is 0 Å². The molecule has 7 heteroatoms. The quantitative estimate of drug-likeness (QED) is 0.615. The molecule has 2 aromatic carbocycles. The molecule has 0 amide bonds. The Labute approximate surface area is 187 Å². The van der Waals surface area contributed by atoms with Crippen molar-refractivity contribution in [2.45, 2.75) is 50.8 Å². The summed E-state index contributed by atoms with van der Waals surface area (Å²) in [6.07, 6.45) is 5.97. The summed E-state index contributed by atoms with van der Waals surface area (Å²) >= 11 is 0. The molecule has 0 saturated carbocycles. The molecule has 2 aliphatic rings. The third kappa shape index (κ3) is 3.65. The first kappa shape index (κ1) is 21.0. The maximum atomic E-state index is 11.3. The first-order valence-corrected chi connectivity index (χ1v) is 11.2. The number of aromatic nitrogens is 2. The van der Waals surface area contributed by atoms with Gasteiger partial charge in [0.1, 0.15) is 5.75 Å². The molecule has 1 spiro atoms. The fourth-order valence-corrected chi connectivity index (χ4v) is 5.42. The Morgan fingerprint density at radius 2 is 2.16 bits per heavy atom. The zero-order valence-electron chi connectivity index (χ0n) is 18.6. The van der Waals surface area contributed by atoms with Crippen molar-refractivity contribution in [3.63, 3.8) is 0 Å². The SMILES string of the molecule is COc1cc(C)c2[nH]ncc2c1CN1CCC2(CCCO2)C[C@H]1c1ccc(C(=O)O)cc1. The van der Waals surface area contributed by atoms with Gasteiger partial charge in [-0.3, -0.25) is 10.00 Å². The van der Waals surface area contributed by atoms with E-state index in [4.69, 9.17) is 9.47 Å². The zero-order valence-corrected chi connectivity index (χ0v) is 18.6. The van der Waals surface area contributed by atoms with E-state index in [2.05, 4.69) is 28.1 Å². The number of nitrogens with zero attached hydrogens (tertiary/aromatic N) is 2. The van der Waals surface area contributed by atoms with Crippen LogP contribution in [0, 0.1) is 6.92 Å².